The van der Waals surface area contributed by atoms with Crippen molar-refractivity contribution in [3.63, 3.8) is 0 Å². The van der Waals surface area contributed by atoms with Gasteiger partial charge in [-0.05, 0) is 122 Å². The molecule has 1 rings (SSSR count). The lowest BCUT2D eigenvalue weighted by Gasteiger charge is -2.41. The number of aliphatic hydroxyl groups is 5. The Kier molecular flexibility index (Phi) is 55.3. The highest BCUT2D eigenvalue weighted by Gasteiger charge is 2.47. The maximum atomic E-state index is 13.5. The van der Waals surface area contributed by atoms with E-state index in [-0.39, 0.29) is 19.4 Å². The van der Waals surface area contributed by atoms with E-state index in [0.29, 0.717) is 12.8 Å². The van der Waals surface area contributed by atoms with Crippen LogP contribution in [0.4, 0.5) is 0 Å². The predicted molar refractivity (Wildman–Crippen MR) is 356 cm³/mol. The van der Waals surface area contributed by atoms with Crippen LogP contribution in [-0.2, 0) is 23.8 Å². The van der Waals surface area contributed by atoms with Crippen molar-refractivity contribution in [3.05, 3.63) is 146 Å². The average molecular weight is 1180 g/mol. The summed E-state index contributed by atoms with van der Waals surface area (Å²) in [6.07, 6.45) is 75.8. The number of rotatable bonds is 55. The molecule has 0 saturated carbocycles. The SMILES string of the molecule is CC/C=C\C/C=C\C/C=C\C/C=C\C/C=C\C/C=C\CCCCCCC(=O)OC1C(OCC(NC(=O)C(O)CCCCCC/C=C\C/C=C\C/C=C\C/C=C\C/C=C\CC)C(O)/C=C/CCCCCCCCCCCCC)OC(CO)C(O)C1O. The molecule has 1 aliphatic heterocycles. The summed E-state index contributed by atoms with van der Waals surface area (Å²) in [7, 11) is 0. The number of hydrogen-bond donors (Lipinski definition) is 6. The van der Waals surface area contributed by atoms with Crippen LogP contribution in [0.15, 0.2) is 146 Å². The van der Waals surface area contributed by atoms with Crippen LogP contribution in [-0.4, -0.2) is 99.6 Å². The molecule has 85 heavy (non-hydrogen) atoms. The molecule has 1 saturated heterocycles. The number of carbonyl (C=O) groups excluding carboxylic acids is 2. The molecule has 1 amide bonds. The molecular weight excluding hydrogens is 1060 g/mol. The lowest BCUT2D eigenvalue weighted by Crippen LogP contribution is -2.61. The highest BCUT2D eigenvalue weighted by molar-refractivity contribution is 5.80. The molecule has 0 aromatic carbocycles. The molecule has 0 radical (unpaired) electrons. The second kappa shape index (κ2) is 59.9. The van der Waals surface area contributed by atoms with Crippen LogP contribution in [0.3, 0.4) is 0 Å². The topological polar surface area (TPSA) is 175 Å². The third-order valence-electron chi connectivity index (χ3n) is 14.7. The van der Waals surface area contributed by atoms with Crippen LogP contribution >= 0.6 is 0 Å². The molecule has 0 aromatic heterocycles. The second-order valence-corrected chi connectivity index (χ2v) is 22.4. The first-order valence-electron chi connectivity index (χ1n) is 33.6. The fourth-order valence-corrected chi connectivity index (χ4v) is 9.50. The smallest absolute Gasteiger partial charge is 0.306 e. The quantitative estimate of drug-likeness (QED) is 0.0195. The van der Waals surface area contributed by atoms with Gasteiger partial charge in [0, 0.05) is 6.42 Å². The number of esters is 1. The molecular formula is C74H121NO10. The first kappa shape index (κ1) is 78.6. The first-order valence-corrected chi connectivity index (χ1v) is 33.6. The molecule has 11 heteroatoms. The number of carbonyl (C=O) groups is 2. The van der Waals surface area contributed by atoms with E-state index in [9.17, 15) is 35.1 Å². The number of nitrogens with one attached hydrogen (secondary N) is 1. The third-order valence-corrected chi connectivity index (χ3v) is 14.7. The third kappa shape index (κ3) is 47.3. The molecule has 11 nitrogen and oxygen atoms in total. The van der Waals surface area contributed by atoms with Gasteiger partial charge in [-0.2, -0.15) is 0 Å². The van der Waals surface area contributed by atoms with Gasteiger partial charge in [0.25, 0.3) is 0 Å². The van der Waals surface area contributed by atoms with Crippen molar-refractivity contribution in [2.75, 3.05) is 13.2 Å². The molecule has 8 unspecified atom stereocenters. The normalized spacial score (nSPS) is 19.4. The van der Waals surface area contributed by atoms with Crippen molar-refractivity contribution >= 4 is 11.9 Å². The molecule has 6 N–H and O–H groups in total. The van der Waals surface area contributed by atoms with Gasteiger partial charge in [0.15, 0.2) is 12.4 Å². The van der Waals surface area contributed by atoms with Crippen LogP contribution < -0.4 is 5.32 Å². The Bertz CT molecular complexity index is 1940. The van der Waals surface area contributed by atoms with Gasteiger partial charge in [-0.15, -0.1) is 0 Å². The van der Waals surface area contributed by atoms with Crippen LogP contribution in [0.5, 0.6) is 0 Å². The van der Waals surface area contributed by atoms with Gasteiger partial charge < -0.3 is 45.1 Å². The van der Waals surface area contributed by atoms with Crippen LogP contribution in [0.1, 0.15) is 245 Å². The van der Waals surface area contributed by atoms with Gasteiger partial charge in [0.1, 0.15) is 24.4 Å². The Hall–Kier alpha value is -4.46. The Morgan fingerprint density at radius 1 is 0.471 bits per heavy atom. The number of aliphatic hydroxyl groups excluding tert-OH is 5. The van der Waals surface area contributed by atoms with Crippen LogP contribution in [0.25, 0.3) is 0 Å². The van der Waals surface area contributed by atoms with Crippen molar-refractivity contribution in [1.29, 1.82) is 0 Å². The standard InChI is InChI=1S/C74H121NO10/c1-4-7-10-13-16-19-22-25-27-29-31-33-34-35-37-39-41-44-47-50-53-56-59-62-69(79)85-72-71(81)70(80)68(63-76)84-74(72)83-64-65(66(77)60-57-54-51-48-45-42-24-21-18-15-12-9-6-3)75-73(82)67(78)61-58-55-52-49-46-43-40-38-36-32-30-28-26-23-20-17-14-11-8-5-2/h7-8,10-11,16-17,19-20,25-28,31-33,35-37,40-41,43-44,57,60,65-68,70-72,74,76-78,80-81H,4-6,9,12-15,18,21-24,29-30,34,38-39,42,45-56,58-59,61-64H2,1-3H3,(H,75,82)/b10-7-,11-8-,19-16-,20-17-,27-25-,28-26-,33-31-,36-32-,37-35-,43-40-,44-41-,60-57+. The molecule has 8 atom stereocenters. The van der Waals surface area contributed by atoms with Gasteiger partial charge >= 0.3 is 5.97 Å². The summed E-state index contributed by atoms with van der Waals surface area (Å²) in [4.78, 5) is 26.6. The summed E-state index contributed by atoms with van der Waals surface area (Å²) in [5.74, 6) is -1.25. The first-order chi connectivity index (χ1) is 41.7. The van der Waals surface area contributed by atoms with E-state index >= 15 is 0 Å². The zero-order valence-corrected chi connectivity index (χ0v) is 53.4. The summed E-state index contributed by atoms with van der Waals surface area (Å²) in [5.41, 5.74) is 0. The van der Waals surface area contributed by atoms with E-state index < -0.39 is 67.4 Å². The molecule has 0 aromatic rings. The second-order valence-electron chi connectivity index (χ2n) is 22.4. The van der Waals surface area contributed by atoms with Crippen molar-refractivity contribution in [2.24, 2.45) is 0 Å². The minimum atomic E-state index is -1.64. The number of allylic oxidation sites excluding steroid dienone is 23. The van der Waals surface area contributed by atoms with Crippen molar-refractivity contribution in [3.8, 4) is 0 Å². The summed E-state index contributed by atoms with van der Waals surface area (Å²) in [6, 6.07) is -1.05. The minimum Gasteiger partial charge on any atom is -0.454 e. The fraction of sp³-hybridized carbons (Fsp3) is 0.649. The number of hydrogen-bond acceptors (Lipinski definition) is 10. The summed E-state index contributed by atoms with van der Waals surface area (Å²) in [5, 5.41) is 57.2. The van der Waals surface area contributed by atoms with Gasteiger partial charge in [-0.3, -0.25) is 9.59 Å². The molecule has 1 aliphatic rings. The maximum Gasteiger partial charge on any atom is 0.306 e. The lowest BCUT2D eigenvalue weighted by atomic mass is 9.99. The summed E-state index contributed by atoms with van der Waals surface area (Å²) in [6.45, 7) is 5.53. The van der Waals surface area contributed by atoms with E-state index in [0.717, 1.165) is 148 Å². The molecule has 1 heterocycles. The molecule has 0 aliphatic carbocycles. The van der Waals surface area contributed by atoms with Crippen molar-refractivity contribution in [1.82, 2.24) is 5.32 Å². The van der Waals surface area contributed by atoms with Gasteiger partial charge in [-0.1, -0.05) is 263 Å². The number of unbranched alkanes of at least 4 members (excludes halogenated alkanes) is 19. The monoisotopic (exact) mass is 1180 g/mol. The lowest BCUT2D eigenvalue weighted by molar-refractivity contribution is -0.305. The van der Waals surface area contributed by atoms with E-state index in [1.54, 1.807) is 6.08 Å². The van der Waals surface area contributed by atoms with E-state index in [2.05, 4.69) is 160 Å². The summed E-state index contributed by atoms with van der Waals surface area (Å²) < 4.78 is 17.6. The zero-order valence-electron chi connectivity index (χ0n) is 53.4. The van der Waals surface area contributed by atoms with Crippen LogP contribution in [0, 0.1) is 0 Å². The predicted octanol–water partition coefficient (Wildman–Crippen LogP) is 16.9. The molecule has 0 bridgehead atoms. The molecule has 0 spiro atoms. The zero-order chi connectivity index (χ0) is 61.7. The Morgan fingerprint density at radius 2 is 0.847 bits per heavy atom. The summed E-state index contributed by atoms with van der Waals surface area (Å²) >= 11 is 0. The van der Waals surface area contributed by atoms with Crippen molar-refractivity contribution in [2.45, 2.75) is 294 Å². The van der Waals surface area contributed by atoms with E-state index in [1.807, 2.05) is 6.08 Å². The Balaban J connectivity index is 2.69. The molecule has 482 valence electrons. The largest absolute Gasteiger partial charge is 0.454 e. The highest BCUT2D eigenvalue weighted by atomic mass is 16.7. The maximum absolute atomic E-state index is 13.5. The fourth-order valence-electron chi connectivity index (χ4n) is 9.50. The molecule has 1 fully saturated rings. The van der Waals surface area contributed by atoms with Gasteiger partial charge in [0.2, 0.25) is 5.91 Å². The van der Waals surface area contributed by atoms with Gasteiger partial charge in [-0.25, -0.2) is 0 Å². The van der Waals surface area contributed by atoms with Crippen LogP contribution in [0.2, 0.25) is 0 Å². The average Bonchev–Trinajstić information content (AvgIpc) is 2.49. The Morgan fingerprint density at radius 3 is 1.27 bits per heavy atom. The Labute approximate surface area is 517 Å². The number of amides is 1. The van der Waals surface area contributed by atoms with E-state index in [1.165, 1.54) is 51.4 Å². The minimum absolute atomic E-state index is 0.0822. The van der Waals surface area contributed by atoms with Crippen molar-refractivity contribution < 1.29 is 49.3 Å². The van der Waals surface area contributed by atoms with E-state index in [4.69, 9.17) is 14.2 Å². The van der Waals surface area contributed by atoms with Gasteiger partial charge in [0.05, 0.1) is 25.4 Å². The highest BCUT2D eigenvalue weighted by Crippen LogP contribution is 2.26. The number of ether oxygens (including phenoxy) is 3.